The van der Waals surface area contributed by atoms with Crippen LogP contribution in [0, 0.1) is 6.92 Å². The van der Waals surface area contributed by atoms with Gasteiger partial charge in [0.25, 0.3) is 0 Å². The Labute approximate surface area is 133 Å². The number of aliphatic imine (C=N–C) groups is 1. The molecule has 19 heavy (non-hydrogen) atoms. The first-order chi connectivity index (χ1) is 8.75. The average Bonchev–Trinajstić information content (AvgIpc) is 2.98. The quantitative estimate of drug-likeness (QED) is 0.415. The van der Waals surface area contributed by atoms with E-state index in [4.69, 9.17) is 5.73 Å². The number of nitrogens with zero attached hydrogens (tertiary/aromatic N) is 2. The van der Waals surface area contributed by atoms with Crippen LogP contribution in [-0.4, -0.2) is 22.7 Å². The number of aromatic nitrogens is 2. The highest BCUT2D eigenvalue weighted by Gasteiger charge is 1.99. The molecule has 0 atom stereocenters. The molecule has 4 N–H and O–H groups in total. The van der Waals surface area contributed by atoms with Crippen molar-refractivity contribution in [1.29, 1.82) is 0 Å². The highest BCUT2D eigenvalue weighted by atomic mass is 127. The van der Waals surface area contributed by atoms with Crippen LogP contribution in [0.5, 0.6) is 0 Å². The van der Waals surface area contributed by atoms with Crippen molar-refractivity contribution in [1.82, 2.24) is 15.5 Å². The van der Waals surface area contributed by atoms with Crippen molar-refractivity contribution in [2.24, 2.45) is 10.7 Å². The van der Waals surface area contributed by atoms with Crippen molar-refractivity contribution >= 4 is 41.3 Å². The fraction of sp³-hybridized carbons (Fsp3) is 0.333. The summed E-state index contributed by atoms with van der Waals surface area (Å²) in [6.45, 7) is 3.33. The molecule has 0 saturated carbocycles. The molecule has 0 aliphatic rings. The SMILES string of the molecule is Cc1[nH]ncc1CN=C(N)NCCc1cccs1.I. The Morgan fingerprint density at radius 1 is 1.58 bits per heavy atom. The molecule has 0 aliphatic carbocycles. The van der Waals surface area contributed by atoms with Crippen LogP contribution in [0.1, 0.15) is 16.1 Å². The zero-order valence-electron chi connectivity index (χ0n) is 10.7. The summed E-state index contributed by atoms with van der Waals surface area (Å²) in [6.07, 6.45) is 2.75. The number of halogens is 1. The van der Waals surface area contributed by atoms with Crippen molar-refractivity contribution in [3.63, 3.8) is 0 Å². The van der Waals surface area contributed by atoms with E-state index >= 15 is 0 Å². The van der Waals surface area contributed by atoms with Crippen molar-refractivity contribution in [3.05, 3.63) is 39.8 Å². The number of H-pyrrole nitrogens is 1. The van der Waals surface area contributed by atoms with Crippen LogP contribution < -0.4 is 11.1 Å². The van der Waals surface area contributed by atoms with E-state index in [2.05, 4.69) is 38.0 Å². The van der Waals surface area contributed by atoms with E-state index in [1.807, 2.05) is 6.92 Å². The molecule has 104 valence electrons. The third-order valence-electron chi connectivity index (χ3n) is 2.61. The first-order valence-electron chi connectivity index (χ1n) is 5.80. The van der Waals surface area contributed by atoms with Crippen molar-refractivity contribution in [2.75, 3.05) is 6.54 Å². The highest BCUT2D eigenvalue weighted by molar-refractivity contribution is 14.0. The summed E-state index contributed by atoms with van der Waals surface area (Å²) in [6, 6.07) is 4.17. The maximum atomic E-state index is 5.79. The summed E-state index contributed by atoms with van der Waals surface area (Å²) in [7, 11) is 0. The standard InChI is InChI=1S/C12H17N5S.HI/c1-9-10(8-16-17-9)7-15-12(13)14-5-4-11-3-2-6-18-11;/h2-3,6,8H,4-5,7H2,1H3,(H,16,17)(H3,13,14,15);1H. The molecule has 2 aromatic heterocycles. The van der Waals surface area contributed by atoms with Gasteiger partial charge in [0, 0.05) is 22.7 Å². The number of guanidine groups is 1. The van der Waals surface area contributed by atoms with E-state index in [0.29, 0.717) is 12.5 Å². The summed E-state index contributed by atoms with van der Waals surface area (Å²) in [5.74, 6) is 0.479. The predicted molar refractivity (Wildman–Crippen MR) is 90.1 cm³/mol. The zero-order valence-corrected chi connectivity index (χ0v) is 13.9. The van der Waals surface area contributed by atoms with E-state index in [9.17, 15) is 0 Å². The minimum Gasteiger partial charge on any atom is -0.370 e. The number of thiophene rings is 1. The highest BCUT2D eigenvalue weighted by Crippen LogP contribution is 2.08. The van der Waals surface area contributed by atoms with Crippen molar-refractivity contribution < 1.29 is 0 Å². The van der Waals surface area contributed by atoms with Gasteiger partial charge in [-0.1, -0.05) is 6.07 Å². The Kier molecular flexibility index (Phi) is 6.85. The van der Waals surface area contributed by atoms with E-state index in [-0.39, 0.29) is 24.0 Å². The van der Waals surface area contributed by atoms with E-state index in [0.717, 1.165) is 24.2 Å². The topological polar surface area (TPSA) is 79.1 Å². The smallest absolute Gasteiger partial charge is 0.188 e. The van der Waals surface area contributed by atoms with Gasteiger partial charge in [-0.25, -0.2) is 4.99 Å². The minimum absolute atomic E-state index is 0. The number of nitrogens with two attached hydrogens (primary N) is 1. The number of hydrogen-bond acceptors (Lipinski definition) is 3. The van der Waals surface area contributed by atoms with Crippen LogP contribution in [0.2, 0.25) is 0 Å². The summed E-state index contributed by atoms with van der Waals surface area (Å²) in [5, 5.41) is 12.0. The molecule has 5 nitrogen and oxygen atoms in total. The van der Waals surface area contributed by atoms with Gasteiger partial charge in [0.15, 0.2) is 5.96 Å². The zero-order chi connectivity index (χ0) is 12.8. The summed E-state index contributed by atoms with van der Waals surface area (Å²) in [5.41, 5.74) is 7.89. The van der Waals surface area contributed by atoms with Crippen LogP contribution in [0.25, 0.3) is 0 Å². The second-order valence-electron chi connectivity index (χ2n) is 3.98. The monoisotopic (exact) mass is 391 g/mol. The molecular weight excluding hydrogens is 373 g/mol. The van der Waals surface area contributed by atoms with E-state index in [1.54, 1.807) is 17.5 Å². The van der Waals surface area contributed by atoms with Crippen LogP contribution in [-0.2, 0) is 13.0 Å². The molecule has 0 aliphatic heterocycles. The van der Waals surface area contributed by atoms with Crippen LogP contribution >= 0.6 is 35.3 Å². The summed E-state index contributed by atoms with van der Waals surface area (Å²) < 4.78 is 0. The minimum atomic E-state index is 0. The fourth-order valence-corrected chi connectivity index (χ4v) is 2.24. The summed E-state index contributed by atoms with van der Waals surface area (Å²) >= 11 is 1.75. The second kappa shape index (κ2) is 8.16. The molecule has 0 spiro atoms. The molecule has 0 aromatic carbocycles. The molecule has 2 rings (SSSR count). The van der Waals surface area contributed by atoms with Gasteiger partial charge in [-0.15, -0.1) is 35.3 Å². The first-order valence-corrected chi connectivity index (χ1v) is 6.68. The molecule has 0 bridgehead atoms. The third kappa shape index (κ3) is 5.19. The lowest BCUT2D eigenvalue weighted by Gasteiger charge is -2.04. The lowest BCUT2D eigenvalue weighted by molar-refractivity contribution is 0.856. The lowest BCUT2D eigenvalue weighted by Crippen LogP contribution is -2.33. The fourth-order valence-electron chi connectivity index (χ4n) is 1.53. The van der Waals surface area contributed by atoms with Crippen LogP contribution in [0.3, 0.4) is 0 Å². The van der Waals surface area contributed by atoms with Gasteiger partial charge in [0.05, 0.1) is 12.7 Å². The van der Waals surface area contributed by atoms with Gasteiger partial charge in [-0.05, 0) is 24.8 Å². The van der Waals surface area contributed by atoms with Crippen LogP contribution in [0.4, 0.5) is 0 Å². The number of hydrogen-bond donors (Lipinski definition) is 3. The predicted octanol–water partition coefficient (Wildman–Crippen LogP) is 2.04. The van der Waals surface area contributed by atoms with Crippen LogP contribution in [0.15, 0.2) is 28.7 Å². The Bertz CT molecular complexity index is 506. The Morgan fingerprint density at radius 2 is 2.42 bits per heavy atom. The molecule has 0 unspecified atom stereocenters. The Balaban J connectivity index is 0.00000180. The first kappa shape index (κ1) is 16.0. The molecule has 7 heteroatoms. The van der Waals surface area contributed by atoms with E-state index in [1.165, 1.54) is 4.88 Å². The third-order valence-corrected chi connectivity index (χ3v) is 3.55. The Hall–Kier alpha value is -1.09. The molecular formula is C12H18IN5S. The van der Waals surface area contributed by atoms with Gasteiger partial charge < -0.3 is 11.1 Å². The summed E-state index contributed by atoms with van der Waals surface area (Å²) in [4.78, 5) is 5.62. The van der Waals surface area contributed by atoms with Gasteiger partial charge in [0.2, 0.25) is 0 Å². The molecule has 0 fully saturated rings. The van der Waals surface area contributed by atoms with Gasteiger partial charge >= 0.3 is 0 Å². The number of rotatable bonds is 5. The number of nitrogens with one attached hydrogen (secondary N) is 2. The molecule has 0 saturated heterocycles. The largest absolute Gasteiger partial charge is 0.370 e. The van der Waals surface area contributed by atoms with Gasteiger partial charge in [-0.3, -0.25) is 5.10 Å². The van der Waals surface area contributed by atoms with Gasteiger partial charge in [-0.2, -0.15) is 5.10 Å². The Morgan fingerprint density at radius 3 is 3.05 bits per heavy atom. The molecule has 0 radical (unpaired) electrons. The van der Waals surface area contributed by atoms with Crippen molar-refractivity contribution in [3.8, 4) is 0 Å². The molecule has 2 aromatic rings. The maximum Gasteiger partial charge on any atom is 0.188 e. The normalized spacial score (nSPS) is 11.1. The van der Waals surface area contributed by atoms with Crippen molar-refractivity contribution in [2.45, 2.75) is 19.9 Å². The van der Waals surface area contributed by atoms with E-state index < -0.39 is 0 Å². The van der Waals surface area contributed by atoms with Gasteiger partial charge in [0.1, 0.15) is 0 Å². The number of aromatic amines is 1. The average molecular weight is 391 g/mol. The second-order valence-corrected chi connectivity index (χ2v) is 5.01. The molecule has 0 amide bonds. The molecule has 2 heterocycles. The number of aryl methyl sites for hydroxylation is 1. The lowest BCUT2D eigenvalue weighted by atomic mass is 10.3. The maximum absolute atomic E-state index is 5.79.